The molecule has 36 heavy (non-hydrogen) atoms. The molecule has 0 amide bonds. The third-order valence-electron chi connectivity index (χ3n) is 7.17. The van der Waals surface area contributed by atoms with Gasteiger partial charge in [-0.2, -0.15) is 0 Å². The second-order valence-corrected chi connectivity index (χ2v) is 9.60. The van der Waals surface area contributed by atoms with Gasteiger partial charge in [0.1, 0.15) is 0 Å². The molecular weight excluding hydrogens is 450 g/mol. The Morgan fingerprint density at radius 2 is 1.28 bits per heavy atom. The fourth-order valence-electron chi connectivity index (χ4n) is 4.84. The van der Waals surface area contributed by atoms with Crippen molar-refractivity contribution in [3.05, 3.63) is 83.2 Å². The molecule has 0 aliphatic carbocycles. The lowest BCUT2D eigenvalue weighted by Gasteiger charge is -2.38. The molecule has 2 aliphatic heterocycles. The number of hydrogen-bond donors (Lipinski definition) is 1. The minimum absolute atomic E-state index is 0.0655. The van der Waals surface area contributed by atoms with E-state index >= 15 is 0 Å². The van der Waals surface area contributed by atoms with E-state index in [0.717, 1.165) is 57.4 Å². The van der Waals surface area contributed by atoms with E-state index in [1.807, 2.05) is 55.5 Å². The molecule has 2 heterocycles. The first kappa shape index (κ1) is 29.5. The van der Waals surface area contributed by atoms with E-state index < -0.39 is 5.41 Å². The van der Waals surface area contributed by atoms with Crippen molar-refractivity contribution >= 4 is 5.97 Å². The molecule has 2 aliphatic rings. The van der Waals surface area contributed by atoms with Gasteiger partial charge >= 0.3 is 5.97 Å². The Morgan fingerprint density at radius 3 is 1.69 bits per heavy atom. The summed E-state index contributed by atoms with van der Waals surface area (Å²) in [6.45, 7) is 15.6. The summed E-state index contributed by atoms with van der Waals surface area (Å²) in [5.41, 5.74) is 1.59. The number of benzene rings is 2. The van der Waals surface area contributed by atoms with E-state index in [4.69, 9.17) is 16.4 Å². The summed E-state index contributed by atoms with van der Waals surface area (Å²) in [6, 6.07) is 20.3. The summed E-state index contributed by atoms with van der Waals surface area (Å²) in [5, 5.41) is 7.57. The molecule has 0 spiro atoms. The number of likely N-dealkylation sites (tertiary alicyclic amines) is 2. The van der Waals surface area contributed by atoms with E-state index in [-0.39, 0.29) is 18.1 Å². The minimum Gasteiger partial charge on any atom is -0.465 e. The van der Waals surface area contributed by atoms with Crippen LogP contribution in [0.5, 0.6) is 0 Å². The summed E-state index contributed by atoms with van der Waals surface area (Å²) in [5.74, 6) is -0.0655. The Kier molecular flexibility index (Phi) is 12.1. The summed E-state index contributed by atoms with van der Waals surface area (Å²) in [7, 11) is 4.22. The third kappa shape index (κ3) is 7.64. The lowest BCUT2D eigenvalue weighted by Crippen LogP contribution is -2.47. The number of rotatable bonds is 4. The van der Waals surface area contributed by atoms with Crippen LogP contribution < -0.4 is 0 Å². The Hall–Kier alpha value is -2.72. The fourth-order valence-corrected chi connectivity index (χ4v) is 4.84. The molecule has 6 heteroatoms. The van der Waals surface area contributed by atoms with Crippen LogP contribution in [0.2, 0.25) is 0 Å². The Morgan fingerprint density at radius 1 is 0.861 bits per heavy atom. The van der Waals surface area contributed by atoms with E-state index in [9.17, 15) is 4.79 Å². The highest BCUT2D eigenvalue weighted by atomic mass is 16.5. The molecule has 0 bridgehead atoms. The first-order valence-corrected chi connectivity index (χ1v) is 13.0. The molecule has 2 saturated heterocycles. The molecule has 2 aromatic rings. The van der Waals surface area contributed by atoms with E-state index in [1.54, 1.807) is 6.92 Å². The second kappa shape index (κ2) is 14.7. The van der Waals surface area contributed by atoms with Gasteiger partial charge in [0.15, 0.2) is 0 Å². The Bertz CT molecular complexity index is 927. The van der Waals surface area contributed by atoms with Gasteiger partial charge in [0, 0.05) is 38.1 Å². The van der Waals surface area contributed by atoms with E-state index in [2.05, 4.69) is 40.9 Å². The molecule has 0 radical (unpaired) electrons. The van der Waals surface area contributed by atoms with Crippen LogP contribution >= 0.6 is 0 Å². The lowest BCUT2D eigenvalue weighted by molar-refractivity contribution is -0.152. The summed E-state index contributed by atoms with van der Waals surface area (Å²) in [4.78, 5) is 20.9. The number of carbonyl (C=O) groups is 1. The molecule has 0 unspecified atom stereocenters. The Labute approximate surface area is 217 Å². The third-order valence-corrected chi connectivity index (χ3v) is 7.17. The van der Waals surface area contributed by atoms with Crippen molar-refractivity contribution in [2.75, 3.05) is 53.5 Å². The highest BCUT2D eigenvalue weighted by molar-refractivity contribution is 5.83. The zero-order valence-electron chi connectivity index (χ0n) is 22.4. The van der Waals surface area contributed by atoms with Gasteiger partial charge in [-0.15, -0.1) is 0 Å². The average Bonchev–Trinajstić information content (AvgIpc) is 2.92. The maximum absolute atomic E-state index is 12.4. The van der Waals surface area contributed by atoms with Gasteiger partial charge in [0.25, 0.3) is 5.54 Å². The second-order valence-electron chi connectivity index (χ2n) is 9.60. The highest BCUT2D eigenvalue weighted by Crippen LogP contribution is 2.37. The number of piperidine rings is 2. The zero-order valence-corrected chi connectivity index (χ0v) is 22.4. The van der Waals surface area contributed by atoms with Crippen LogP contribution in [0.4, 0.5) is 0 Å². The molecule has 0 saturated carbocycles. The molecule has 0 aromatic heterocycles. The summed E-state index contributed by atoms with van der Waals surface area (Å²) in [6.07, 6.45) is 3.59. The molecule has 2 aromatic carbocycles. The van der Waals surface area contributed by atoms with Gasteiger partial charge in [-0.1, -0.05) is 60.7 Å². The lowest BCUT2D eigenvalue weighted by atomic mass is 9.73. The number of esters is 1. The smallest absolute Gasteiger partial charge is 0.316 e. The molecular formula is C30H43N3O3. The predicted molar refractivity (Wildman–Crippen MR) is 146 cm³/mol. The molecule has 6 nitrogen and oxygen atoms in total. The molecule has 2 fully saturated rings. The fraction of sp³-hybridized carbons (Fsp3) is 0.533. The average molecular weight is 494 g/mol. The molecule has 1 N–H and O–H groups in total. The quantitative estimate of drug-likeness (QED) is 0.493. The zero-order chi connectivity index (χ0) is 26.4. The number of aliphatic hydroxyl groups is 1. The van der Waals surface area contributed by atoms with Crippen molar-refractivity contribution in [1.29, 1.82) is 0 Å². The van der Waals surface area contributed by atoms with Crippen molar-refractivity contribution < 1.29 is 14.6 Å². The van der Waals surface area contributed by atoms with Crippen molar-refractivity contribution in [3.8, 4) is 0 Å². The van der Waals surface area contributed by atoms with Gasteiger partial charge < -0.3 is 24.5 Å². The van der Waals surface area contributed by atoms with Crippen LogP contribution in [0.25, 0.3) is 4.85 Å². The number of aliphatic hydroxyl groups excluding tert-OH is 1. The minimum atomic E-state index is -0.441. The van der Waals surface area contributed by atoms with Crippen LogP contribution in [0.15, 0.2) is 60.7 Å². The standard InChI is InChI=1S/C15H21NO2.C13H16N2.C2H6O/c1-3-18-14(17)15(9-11-16(2)12-10-15)13-7-5-4-6-8-13;1-14-13(8-10-15(2)11-9-13)12-6-4-3-5-7-12;1-2-3/h4-8H,3,9-12H2,1-2H3;3-7H,8-11H2,2H3;3H,2H2,1H3. The summed E-state index contributed by atoms with van der Waals surface area (Å²) >= 11 is 0. The van der Waals surface area contributed by atoms with Crippen LogP contribution in [0.1, 0.15) is 50.7 Å². The number of hydrogen-bond acceptors (Lipinski definition) is 5. The van der Waals surface area contributed by atoms with Crippen molar-refractivity contribution in [2.45, 2.75) is 50.5 Å². The normalized spacial score (nSPS) is 18.9. The first-order valence-electron chi connectivity index (χ1n) is 13.0. The summed E-state index contributed by atoms with van der Waals surface area (Å²) < 4.78 is 5.32. The maximum Gasteiger partial charge on any atom is 0.316 e. The maximum atomic E-state index is 12.4. The topological polar surface area (TPSA) is 57.4 Å². The number of ether oxygens (including phenoxy) is 1. The van der Waals surface area contributed by atoms with Crippen LogP contribution in [-0.4, -0.2) is 74.4 Å². The largest absolute Gasteiger partial charge is 0.465 e. The number of nitrogens with zero attached hydrogens (tertiary/aromatic N) is 3. The molecule has 4 rings (SSSR count). The van der Waals surface area contributed by atoms with Crippen molar-refractivity contribution in [2.24, 2.45) is 0 Å². The first-order chi connectivity index (χ1) is 17.4. The Balaban J connectivity index is 0.000000232. The van der Waals surface area contributed by atoms with Crippen LogP contribution in [0, 0.1) is 6.57 Å². The van der Waals surface area contributed by atoms with Crippen molar-refractivity contribution in [3.63, 3.8) is 0 Å². The van der Waals surface area contributed by atoms with Crippen molar-refractivity contribution in [1.82, 2.24) is 9.80 Å². The van der Waals surface area contributed by atoms with Gasteiger partial charge in [0.2, 0.25) is 0 Å². The van der Waals surface area contributed by atoms with E-state index in [1.165, 1.54) is 5.56 Å². The van der Waals surface area contributed by atoms with Gasteiger partial charge in [-0.05, 0) is 59.4 Å². The molecule has 196 valence electrons. The van der Waals surface area contributed by atoms with Gasteiger partial charge in [-0.3, -0.25) is 4.79 Å². The predicted octanol–water partition coefficient (Wildman–Crippen LogP) is 4.74. The van der Waals surface area contributed by atoms with E-state index in [0.29, 0.717) is 6.61 Å². The number of carbonyl (C=O) groups excluding carboxylic acids is 1. The monoisotopic (exact) mass is 493 g/mol. The SMILES string of the molecule is CCO.CCOC(=O)C1(c2ccccc2)CCN(C)CC1.[C-]#[N+]C1(c2ccccc2)CCN(C)CC1. The molecule has 0 atom stereocenters. The van der Waals surface area contributed by atoms with Gasteiger partial charge in [-0.25, -0.2) is 6.57 Å². The van der Waals surface area contributed by atoms with Gasteiger partial charge in [0.05, 0.1) is 12.0 Å². The van der Waals surface area contributed by atoms with Crippen LogP contribution in [0.3, 0.4) is 0 Å². The van der Waals surface area contributed by atoms with Crippen LogP contribution in [-0.2, 0) is 20.5 Å². The highest BCUT2D eigenvalue weighted by Gasteiger charge is 2.43.